The Morgan fingerprint density at radius 2 is 0.676 bits per heavy atom. The summed E-state index contributed by atoms with van der Waals surface area (Å²) in [5.74, 6) is 0. The van der Waals surface area contributed by atoms with Gasteiger partial charge in [0.15, 0.2) is 0 Å². The molecule has 0 saturated carbocycles. The van der Waals surface area contributed by atoms with Crippen LogP contribution in [-0.2, 0) is 0 Å². The predicted molar refractivity (Wildman–Crippen MR) is 300 cm³/mol. The summed E-state index contributed by atoms with van der Waals surface area (Å²) in [7, 11) is 0. The summed E-state index contributed by atoms with van der Waals surface area (Å²) in [6.45, 7) is -0.188. The average molecular weight is 901 g/mol. The molecule has 4 nitrogen and oxygen atoms in total. The normalized spacial score (nSPS) is 12.5. The number of rotatable bonds is 5. The van der Waals surface area contributed by atoms with E-state index in [2.05, 4.69) is 267 Å². The number of aromatic nitrogens is 4. The molecular weight excluding hydrogens is 860 g/mol. The lowest BCUT2D eigenvalue weighted by atomic mass is 9.48. The van der Waals surface area contributed by atoms with Crippen LogP contribution in [0.5, 0.6) is 0 Å². The number of para-hydroxylation sites is 5. The largest absolute Gasteiger partial charge is 0.376 e. The van der Waals surface area contributed by atoms with Gasteiger partial charge in [-0.25, -0.2) is 0 Å². The van der Waals surface area contributed by atoms with Gasteiger partial charge in [0.05, 0.1) is 33.1 Å². The number of hydrogen-bond acceptors (Lipinski definition) is 0. The number of fused-ring (bicyclic) bond motifs is 14. The fourth-order valence-electron chi connectivity index (χ4n) is 12.6. The zero-order valence-corrected chi connectivity index (χ0v) is 38.5. The molecule has 5 heterocycles. The van der Waals surface area contributed by atoms with E-state index in [-0.39, 0.29) is 6.85 Å². The molecule has 0 saturated heterocycles. The molecule has 0 spiro atoms. The topological polar surface area (TPSA) is 19.7 Å². The Kier molecular flexibility index (Phi) is 7.94. The van der Waals surface area contributed by atoms with Crippen LogP contribution < -0.4 is 10.9 Å². The van der Waals surface area contributed by atoms with E-state index in [1.54, 1.807) is 0 Å². The highest BCUT2D eigenvalue weighted by Gasteiger charge is 2.37. The highest BCUT2D eigenvalue weighted by Crippen LogP contribution is 2.42. The minimum absolute atomic E-state index is 0.188. The Labute approximate surface area is 409 Å². The minimum atomic E-state index is -0.188. The van der Waals surface area contributed by atoms with Gasteiger partial charge in [-0.1, -0.05) is 176 Å². The fraction of sp³-hybridized carbons (Fsp3) is 0. The van der Waals surface area contributed by atoms with Crippen molar-refractivity contribution in [2.45, 2.75) is 0 Å². The maximum absolute atomic E-state index is 2.68. The van der Waals surface area contributed by atoms with E-state index in [9.17, 15) is 0 Å². The van der Waals surface area contributed by atoms with E-state index in [4.69, 9.17) is 0 Å². The van der Waals surface area contributed by atoms with E-state index < -0.39 is 0 Å². The Morgan fingerprint density at radius 3 is 1.23 bits per heavy atom. The molecule has 0 radical (unpaired) electrons. The summed E-state index contributed by atoms with van der Waals surface area (Å²) in [4.78, 5) is 0. The molecule has 0 amide bonds. The zero-order valence-electron chi connectivity index (χ0n) is 38.5. The molecule has 4 aromatic heterocycles. The van der Waals surface area contributed by atoms with Crippen molar-refractivity contribution in [1.29, 1.82) is 0 Å². The van der Waals surface area contributed by atoms with Crippen LogP contribution >= 0.6 is 0 Å². The summed E-state index contributed by atoms with van der Waals surface area (Å²) in [5, 5.41) is 9.95. The van der Waals surface area contributed by atoms with E-state index >= 15 is 0 Å². The van der Waals surface area contributed by atoms with Gasteiger partial charge in [-0.2, -0.15) is 0 Å². The lowest BCUT2D eigenvalue weighted by Gasteiger charge is -2.29. The summed E-state index contributed by atoms with van der Waals surface area (Å²) in [6, 6.07) is 92.6. The number of benzene rings is 11. The molecule has 1 aliphatic heterocycles. The van der Waals surface area contributed by atoms with E-state index in [1.807, 2.05) is 0 Å². The predicted octanol–water partition coefficient (Wildman–Crippen LogP) is 15.4. The second-order valence-electron chi connectivity index (χ2n) is 19.2. The molecule has 15 aromatic rings. The smallest absolute Gasteiger partial charge is 0.332 e. The first-order valence-electron chi connectivity index (χ1n) is 24.6. The van der Waals surface area contributed by atoms with Crippen LogP contribution in [0.1, 0.15) is 0 Å². The molecule has 0 fully saturated rings. The zero-order chi connectivity index (χ0) is 46.3. The van der Waals surface area contributed by atoms with Crippen molar-refractivity contribution in [3.05, 3.63) is 249 Å². The van der Waals surface area contributed by atoms with Crippen LogP contribution in [0.2, 0.25) is 0 Å². The van der Waals surface area contributed by atoms with Crippen LogP contribution in [0.4, 0.5) is 0 Å². The highest BCUT2D eigenvalue weighted by molar-refractivity contribution is 6.88. The van der Waals surface area contributed by atoms with Gasteiger partial charge in [0, 0.05) is 71.2 Å². The van der Waals surface area contributed by atoms with Crippen molar-refractivity contribution in [3.63, 3.8) is 0 Å². The standard InChI is InChI=1S/C66H41BN4/c1-3-17-42(18-4-1)44-31-34-52-53-35-32-45(43-19-5-2-6-20-43)38-65(53)71(64(52)37-44)67-56-25-11-16-30-63(56)70-62-36-33-46(68-58-26-12-7-21-48(58)49-22-8-13-27-59(49)68)39-54(62)55-40-47(41-57(67)66(55)70)69-60-28-14-9-23-50(60)51-24-10-15-29-61(51)69/h1-41H. The summed E-state index contributed by atoms with van der Waals surface area (Å²) in [5.41, 5.74) is 20.5. The maximum atomic E-state index is 2.68. The quantitative estimate of drug-likeness (QED) is 0.153. The van der Waals surface area contributed by atoms with Crippen LogP contribution in [0.25, 0.3) is 127 Å². The molecule has 328 valence electrons. The Hall–Kier alpha value is -9.32. The van der Waals surface area contributed by atoms with Crippen molar-refractivity contribution in [2.75, 3.05) is 0 Å². The second kappa shape index (κ2) is 14.6. The minimum Gasteiger partial charge on any atom is -0.376 e. The van der Waals surface area contributed by atoms with Gasteiger partial charge in [0.2, 0.25) is 0 Å². The summed E-state index contributed by atoms with van der Waals surface area (Å²) >= 11 is 0. The van der Waals surface area contributed by atoms with Crippen molar-refractivity contribution in [3.8, 4) is 39.3 Å². The number of hydrogen-bond donors (Lipinski definition) is 0. The van der Waals surface area contributed by atoms with Crippen molar-refractivity contribution >= 4 is 105 Å². The second-order valence-corrected chi connectivity index (χ2v) is 19.2. The molecule has 71 heavy (non-hydrogen) atoms. The van der Waals surface area contributed by atoms with Crippen molar-refractivity contribution in [1.82, 2.24) is 18.2 Å². The molecule has 0 N–H and O–H groups in total. The third-order valence-corrected chi connectivity index (χ3v) is 15.6. The fourth-order valence-corrected chi connectivity index (χ4v) is 12.6. The van der Waals surface area contributed by atoms with Crippen molar-refractivity contribution < 1.29 is 0 Å². The first kappa shape index (κ1) is 38.6. The Balaban J connectivity index is 1.07. The molecule has 0 atom stereocenters. The van der Waals surface area contributed by atoms with Gasteiger partial charge in [0.1, 0.15) is 0 Å². The maximum Gasteiger partial charge on any atom is 0.332 e. The molecule has 0 bridgehead atoms. The van der Waals surface area contributed by atoms with E-state index in [0.29, 0.717) is 0 Å². The average Bonchev–Trinajstić information content (AvgIpc) is 4.17. The van der Waals surface area contributed by atoms with E-state index in [1.165, 1.54) is 126 Å². The van der Waals surface area contributed by atoms with Gasteiger partial charge in [0.25, 0.3) is 0 Å². The van der Waals surface area contributed by atoms with Gasteiger partial charge in [-0.05, 0) is 106 Å². The molecule has 5 heteroatoms. The number of nitrogens with zero attached hydrogens (tertiary/aromatic N) is 4. The third kappa shape index (κ3) is 5.40. The molecule has 11 aromatic carbocycles. The lowest BCUT2D eigenvalue weighted by Crippen LogP contribution is -2.53. The van der Waals surface area contributed by atoms with Crippen LogP contribution in [0.15, 0.2) is 249 Å². The monoisotopic (exact) mass is 900 g/mol. The molecule has 1 aliphatic rings. The lowest BCUT2D eigenvalue weighted by molar-refractivity contribution is 1.16. The van der Waals surface area contributed by atoms with Gasteiger partial charge in [-0.15, -0.1) is 0 Å². The summed E-state index contributed by atoms with van der Waals surface area (Å²) in [6.07, 6.45) is 0. The van der Waals surface area contributed by atoms with Gasteiger partial charge < -0.3 is 18.2 Å². The SMILES string of the molecule is c1ccc(-c2ccc3c4ccc(-c5ccccc5)cc4n(B4c5ccccc5-n5c6ccc(-n7c8ccccc8c8ccccc87)cc6c6cc(-n7c8ccccc8c8ccccc87)cc4c65)c3c2)cc1. The van der Waals surface area contributed by atoms with Crippen LogP contribution in [0, 0.1) is 0 Å². The highest BCUT2D eigenvalue weighted by atomic mass is 15.0. The Morgan fingerprint density at radius 1 is 0.239 bits per heavy atom. The molecular formula is C66H41BN4. The van der Waals surface area contributed by atoms with Crippen molar-refractivity contribution in [2.24, 2.45) is 0 Å². The summed E-state index contributed by atoms with van der Waals surface area (Å²) < 4.78 is 10.2. The molecule has 0 aliphatic carbocycles. The Bertz CT molecular complexity index is 4500. The first-order valence-corrected chi connectivity index (χ1v) is 24.6. The molecule has 16 rings (SSSR count). The molecule has 0 unspecified atom stereocenters. The van der Waals surface area contributed by atoms with Crippen LogP contribution in [0.3, 0.4) is 0 Å². The third-order valence-electron chi connectivity index (χ3n) is 15.6. The van der Waals surface area contributed by atoms with E-state index in [0.717, 1.165) is 11.4 Å². The van der Waals surface area contributed by atoms with Crippen LogP contribution in [-0.4, -0.2) is 25.0 Å². The van der Waals surface area contributed by atoms with Gasteiger partial charge in [-0.3, -0.25) is 0 Å². The van der Waals surface area contributed by atoms with Gasteiger partial charge >= 0.3 is 6.85 Å². The first-order chi connectivity index (χ1) is 35.2.